The number of halogens is 1. The molecular weight excluding hydrogens is 238 g/mol. The maximum Gasteiger partial charge on any atom is 0.254 e. The Morgan fingerprint density at radius 1 is 1.24 bits per heavy atom. The van der Waals surface area contributed by atoms with Gasteiger partial charge in [0.25, 0.3) is 5.56 Å². The van der Waals surface area contributed by atoms with Crippen LogP contribution in [0.2, 0.25) is 0 Å². The number of hydrogen-bond acceptors (Lipinski definition) is 2. The Bertz CT molecular complexity index is 577. The fraction of sp³-hybridized carbons (Fsp3) is 0.308. The van der Waals surface area contributed by atoms with E-state index in [1.54, 1.807) is 4.57 Å². The Morgan fingerprint density at radius 3 is 2.76 bits per heavy atom. The zero-order chi connectivity index (χ0) is 12.3. The van der Waals surface area contributed by atoms with Crippen LogP contribution in [0.25, 0.3) is 10.9 Å². The van der Waals surface area contributed by atoms with Gasteiger partial charge in [-0.1, -0.05) is 12.1 Å². The van der Waals surface area contributed by atoms with E-state index in [1.807, 2.05) is 24.3 Å². The van der Waals surface area contributed by atoms with E-state index in [0.717, 1.165) is 18.4 Å². The summed E-state index contributed by atoms with van der Waals surface area (Å²) in [6, 6.07) is 8.62. The van der Waals surface area contributed by atoms with Gasteiger partial charge in [0, 0.05) is 23.9 Å². The molecule has 17 heavy (non-hydrogen) atoms. The van der Waals surface area contributed by atoms with E-state index in [9.17, 15) is 9.90 Å². The Balaban J connectivity index is 2.50. The molecule has 0 spiro atoms. The molecule has 90 valence electrons. The number of aromatic hydroxyl groups is 1. The van der Waals surface area contributed by atoms with E-state index in [2.05, 4.69) is 0 Å². The molecule has 0 amide bonds. The minimum absolute atomic E-state index is 0.0409. The molecule has 0 atom stereocenters. The van der Waals surface area contributed by atoms with E-state index < -0.39 is 0 Å². The predicted molar refractivity (Wildman–Crippen MR) is 69.8 cm³/mol. The highest BCUT2D eigenvalue weighted by Crippen LogP contribution is 2.21. The van der Waals surface area contributed by atoms with Gasteiger partial charge in [-0.2, -0.15) is 0 Å². The second kappa shape index (κ2) is 5.23. The summed E-state index contributed by atoms with van der Waals surface area (Å²) in [7, 11) is 0. The van der Waals surface area contributed by atoms with E-state index >= 15 is 0 Å². The first-order valence-corrected chi connectivity index (χ1v) is 6.15. The molecule has 2 rings (SSSR count). The molecule has 0 aliphatic carbocycles. The van der Waals surface area contributed by atoms with Crippen LogP contribution in [-0.4, -0.2) is 15.6 Å². The molecule has 4 heteroatoms. The van der Waals surface area contributed by atoms with Gasteiger partial charge < -0.3 is 9.67 Å². The summed E-state index contributed by atoms with van der Waals surface area (Å²) < 4.78 is 1.68. The van der Waals surface area contributed by atoms with Crippen LogP contribution in [0.15, 0.2) is 35.1 Å². The monoisotopic (exact) mass is 251 g/mol. The number of alkyl halides is 1. The van der Waals surface area contributed by atoms with Gasteiger partial charge in [0.05, 0.1) is 5.52 Å². The minimum Gasteiger partial charge on any atom is -0.507 e. The molecule has 1 heterocycles. The lowest BCUT2D eigenvalue weighted by Gasteiger charge is -2.10. The third-order valence-corrected chi connectivity index (χ3v) is 3.03. The van der Waals surface area contributed by atoms with Crippen LogP contribution in [0.5, 0.6) is 5.75 Å². The third kappa shape index (κ3) is 2.44. The Labute approximate surface area is 104 Å². The summed E-state index contributed by atoms with van der Waals surface area (Å²) >= 11 is 5.62. The average Bonchev–Trinajstić information content (AvgIpc) is 2.33. The second-order valence-electron chi connectivity index (χ2n) is 3.93. The van der Waals surface area contributed by atoms with Gasteiger partial charge in [-0.25, -0.2) is 0 Å². The smallest absolute Gasteiger partial charge is 0.254 e. The first-order chi connectivity index (χ1) is 8.24. The Hall–Kier alpha value is -1.48. The van der Waals surface area contributed by atoms with Crippen molar-refractivity contribution in [2.24, 2.45) is 0 Å². The molecule has 2 aromatic rings. The lowest BCUT2D eigenvalue weighted by atomic mass is 10.2. The van der Waals surface area contributed by atoms with E-state index in [-0.39, 0.29) is 11.3 Å². The largest absolute Gasteiger partial charge is 0.507 e. The summed E-state index contributed by atoms with van der Waals surface area (Å²) in [6.45, 7) is 0.631. The second-order valence-corrected chi connectivity index (χ2v) is 4.31. The average molecular weight is 252 g/mol. The van der Waals surface area contributed by atoms with Crippen LogP contribution < -0.4 is 5.56 Å². The van der Waals surface area contributed by atoms with Gasteiger partial charge in [-0.3, -0.25) is 4.79 Å². The molecule has 0 unspecified atom stereocenters. The summed E-state index contributed by atoms with van der Waals surface area (Å²) in [4.78, 5) is 11.8. The zero-order valence-electron chi connectivity index (χ0n) is 9.40. The number of hydrogen-bond donors (Lipinski definition) is 1. The maximum absolute atomic E-state index is 11.8. The van der Waals surface area contributed by atoms with Crippen molar-refractivity contribution in [3.63, 3.8) is 0 Å². The minimum atomic E-state index is -0.171. The number of unbranched alkanes of at least 4 members (excludes halogenated alkanes) is 1. The van der Waals surface area contributed by atoms with Crippen LogP contribution in [-0.2, 0) is 6.54 Å². The zero-order valence-corrected chi connectivity index (χ0v) is 10.2. The molecule has 0 saturated heterocycles. The van der Waals surface area contributed by atoms with Crippen molar-refractivity contribution in [3.05, 3.63) is 40.7 Å². The number of aromatic nitrogens is 1. The summed E-state index contributed by atoms with van der Waals surface area (Å²) in [6.07, 6.45) is 1.74. The lowest BCUT2D eigenvalue weighted by Crippen LogP contribution is -2.19. The Kier molecular flexibility index (Phi) is 3.69. The third-order valence-electron chi connectivity index (χ3n) is 2.76. The normalized spacial score (nSPS) is 10.9. The van der Waals surface area contributed by atoms with Gasteiger partial charge in [0.15, 0.2) is 0 Å². The molecule has 1 aromatic heterocycles. The number of pyridine rings is 1. The van der Waals surface area contributed by atoms with Crippen molar-refractivity contribution in [1.82, 2.24) is 4.57 Å². The van der Waals surface area contributed by atoms with Crippen LogP contribution in [0.4, 0.5) is 0 Å². The standard InChI is InChI=1S/C13H14ClNO2/c14-7-3-4-8-15-11-6-2-1-5-10(11)12(16)9-13(15)17/h1-2,5-6,9,16H,3-4,7-8H2. The van der Waals surface area contributed by atoms with Crippen molar-refractivity contribution >= 4 is 22.5 Å². The maximum atomic E-state index is 11.8. The van der Waals surface area contributed by atoms with E-state index in [0.29, 0.717) is 17.8 Å². The van der Waals surface area contributed by atoms with Gasteiger partial charge >= 0.3 is 0 Å². The number of nitrogens with zero attached hydrogens (tertiary/aromatic N) is 1. The number of benzene rings is 1. The molecule has 0 aliphatic rings. The SMILES string of the molecule is O=c1cc(O)c2ccccc2n1CCCCCl. The van der Waals surface area contributed by atoms with Crippen LogP contribution in [0.1, 0.15) is 12.8 Å². The van der Waals surface area contributed by atoms with Crippen molar-refractivity contribution in [1.29, 1.82) is 0 Å². The van der Waals surface area contributed by atoms with Crippen molar-refractivity contribution in [2.75, 3.05) is 5.88 Å². The van der Waals surface area contributed by atoms with Crippen molar-refractivity contribution in [3.8, 4) is 5.75 Å². The quantitative estimate of drug-likeness (QED) is 0.671. The summed E-state index contributed by atoms with van der Waals surface area (Å²) in [5, 5.41) is 10.4. The first kappa shape index (κ1) is 12.0. The van der Waals surface area contributed by atoms with Gasteiger partial charge in [-0.15, -0.1) is 11.6 Å². The predicted octanol–water partition coefficient (Wildman–Crippen LogP) is 2.73. The van der Waals surface area contributed by atoms with E-state index in [4.69, 9.17) is 11.6 Å². The van der Waals surface area contributed by atoms with Crippen LogP contribution >= 0.6 is 11.6 Å². The molecule has 0 saturated carbocycles. The lowest BCUT2D eigenvalue weighted by molar-refractivity contribution is 0.478. The molecule has 0 radical (unpaired) electrons. The van der Waals surface area contributed by atoms with E-state index in [1.165, 1.54) is 6.07 Å². The fourth-order valence-corrected chi connectivity index (χ4v) is 2.10. The topological polar surface area (TPSA) is 42.2 Å². The van der Waals surface area contributed by atoms with Gasteiger partial charge in [-0.05, 0) is 25.0 Å². The number of aryl methyl sites for hydroxylation is 1. The molecule has 1 aromatic carbocycles. The molecule has 0 aliphatic heterocycles. The highest BCUT2D eigenvalue weighted by Gasteiger charge is 2.06. The molecular formula is C13H14ClNO2. The highest BCUT2D eigenvalue weighted by atomic mass is 35.5. The van der Waals surface area contributed by atoms with Crippen LogP contribution in [0.3, 0.4) is 0 Å². The highest BCUT2D eigenvalue weighted by molar-refractivity contribution is 6.17. The Morgan fingerprint density at radius 2 is 2.00 bits per heavy atom. The number of rotatable bonds is 4. The molecule has 1 N–H and O–H groups in total. The van der Waals surface area contributed by atoms with Crippen LogP contribution in [0, 0.1) is 0 Å². The fourth-order valence-electron chi connectivity index (χ4n) is 1.91. The molecule has 3 nitrogen and oxygen atoms in total. The number of para-hydroxylation sites is 1. The van der Waals surface area contributed by atoms with Crippen molar-refractivity contribution in [2.45, 2.75) is 19.4 Å². The van der Waals surface area contributed by atoms with Crippen molar-refractivity contribution < 1.29 is 5.11 Å². The van der Waals surface area contributed by atoms with Gasteiger partial charge in [0.1, 0.15) is 5.75 Å². The molecule has 0 bridgehead atoms. The summed E-state index contributed by atoms with van der Waals surface area (Å²) in [5.74, 6) is 0.643. The van der Waals surface area contributed by atoms with Gasteiger partial charge in [0.2, 0.25) is 0 Å². The summed E-state index contributed by atoms with van der Waals surface area (Å²) in [5.41, 5.74) is 0.600. The molecule has 0 fully saturated rings. The first-order valence-electron chi connectivity index (χ1n) is 5.61. The number of fused-ring (bicyclic) bond motifs is 1.